The van der Waals surface area contributed by atoms with Crippen molar-refractivity contribution in [2.24, 2.45) is 0 Å². The Labute approximate surface area is 132 Å². The van der Waals surface area contributed by atoms with Gasteiger partial charge < -0.3 is 9.42 Å². The molecule has 0 bridgehead atoms. The lowest BCUT2D eigenvalue weighted by atomic mass is 10.0. The van der Waals surface area contributed by atoms with Crippen molar-refractivity contribution in [1.29, 1.82) is 0 Å². The second-order valence-electron chi connectivity index (χ2n) is 5.67. The van der Waals surface area contributed by atoms with Crippen LogP contribution in [0.2, 0.25) is 0 Å². The summed E-state index contributed by atoms with van der Waals surface area (Å²) in [6.45, 7) is 9.35. The molecule has 0 atom stereocenters. The van der Waals surface area contributed by atoms with Gasteiger partial charge in [-0.2, -0.15) is 0 Å². The van der Waals surface area contributed by atoms with Gasteiger partial charge in [0.2, 0.25) is 5.91 Å². The Bertz CT molecular complexity index is 646. The highest BCUT2D eigenvalue weighted by molar-refractivity contribution is 5.75. The Morgan fingerprint density at radius 2 is 2.00 bits per heavy atom. The van der Waals surface area contributed by atoms with Crippen LogP contribution >= 0.6 is 0 Å². The normalized spacial score (nSPS) is 10.7. The predicted octanol–water partition coefficient (Wildman–Crippen LogP) is 4.11. The third-order valence-corrected chi connectivity index (χ3v) is 3.71. The number of aromatic nitrogens is 1. The molecule has 4 heteroatoms. The average Bonchev–Trinajstić information content (AvgIpc) is 2.94. The Morgan fingerprint density at radius 3 is 2.64 bits per heavy atom. The number of carbonyl (C=O) groups excluding carboxylic acids is 1. The van der Waals surface area contributed by atoms with E-state index in [4.69, 9.17) is 4.52 Å². The molecule has 0 spiro atoms. The van der Waals surface area contributed by atoms with Crippen molar-refractivity contribution in [3.05, 3.63) is 41.1 Å². The molecule has 0 aliphatic rings. The van der Waals surface area contributed by atoms with Crippen molar-refractivity contribution in [3.63, 3.8) is 0 Å². The Kier molecular flexibility index (Phi) is 5.36. The predicted molar refractivity (Wildman–Crippen MR) is 87.4 cm³/mol. The van der Waals surface area contributed by atoms with E-state index in [2.05, 4.69) is 44.1 Å². The maximum absolute atomic E-state index is 11.9. The summed E-state index contributed by atoms with van der Waals surface area (Å²) in [4.78, 5) is 13.8. The van der Waals surface area contributed by atoms with Gasteiger partial charge in [0.15, 0.2) is 5.76 Å². The number of hydrogen-bond donors (Lipinski definition) is 0. The first-order valence-electron chi connectivity index (χ1n) is 7.86. The maximum Gasteiger partial charge on any atom is 0.222 e. The maximum atomic E-state index is 11.9. The second-order valence-corrected chi connectivity index (χ2v) is 5.67. The molecule has 0 radical (unpaired) electrons. The van der Waals surface area contributed by atoms with Crippen molar-refractivity contribution in [2.45, 2.75) is 47.1 Å². The van der Waals surface area contributed by atoms with E-state index >= 15 is 0 Å². The first-order valence-corrected chi connectivity index (χ1v) is 7.86. The minimum Gasteiger partial charge on any atom is -0.356 e. The lowest BCUT2D eigenvalue weighted by Gasteiger charge is -2.19. The van der Waals surface area contributed by atoms with Crippen LogP contribution in [0.5, 0.6) is 0 Å². The number of aryl methyl sites for hydroxylation is 2. The van der Waals surface area contributed by atoms with Gasteiger partial charge in [-0.05, 0) is 25.8 Å². The van der Waals surface area contributed by atoms with Crippen LogP contribution in [0.3, 0.4) is 0 Å². The van der Waals surface area contributed by atoms with Crippen LogP contribution in [-0.2, 0) is 11.3 Å². The van der Waals surface area contributed by atoms with Gasteiger partial charge in [-0.3, -0.25) is 4.79 Å². The van der Waals surface area contributed by atoms with Gasteiger partial charge in [0.25, 0.3) is 0 Å². The molecule has 0 aliphatic heterocycles. The number of rotatable bonds is 6. The van der Waals surface area contributed by atoms with Gasteiger partial charge in [-0.1, -0.05) is 42.8 Å². The van der Waals surface area contributed by atoms with Crippen LogP contribution < -0.4 is 0 Å². The third kappa shape index (κ3) is 3.75. The highest BCUT2D eigenvalue weighted by Gasteiger charge is 2.15. The van der Waals surface area contributed by atoms with Crippen molar-refractivity contribution in [2.75, 3.05) is 6.54 Å². The zero-order chi connectivity index (χ0) is 16.1. The molecule has 0 saturated heterocycles. The molecular weight excluding hydrogens is 276 g/mol. The zero-order valence-corrected chi connectivity index (χ0v) is 13.8. The summed E-state index contributed by atoms with van der Waals surface area (Å²) in [7, 11) is 0. The van der Waals surface area contributed by atoms with Crippen LogP contribution in [0.15, 0.2) is 28.8 Å². The lowest BCUT2D eigenvalue weighted by molar-refractivity contribution is -0.131. The van der Waals surface area contributed by atoms with Gasteiger partial charge in [-0.25, -0.2) is 0 Å². The Morgan fingerprint density at radius 1 is 1.23 bits per heavy atom. The van der Waals surface area contributed by atoms with Gasteiger partial charge in [-0.15, -0.1) is 0 Å². The van der Waals surface area contributed by atoms with E-state index < -0.39 is 0 Å². The van der Waals surface area contributed by atoms with Gasteiger partial charge in [0.1, 0.15) is 5.69 Å². The lowest BCUT2D eigenvalue weighted by Crippen LogP contribution is -2.30. The van der Waals surface area contributed by atoms with E-state index in [1.165, 1.54) is 5.56 Å². The molecule has 22 heavy (non-hydrogen) atoms. The quantitative estimate of drug-likeness (QED) is 0.806. The Hall–Kier alpha value is -2.10. The summed E-state index contributed by atoms with van der Waals surface area (Å²) in [6.07, 6.45) is 1.45. The molecule has 1 amide bonds. The van der Waals surface area contributed by atoms with E-state index in [9.17, 15) is 4.79 Å². The average molecular weight is 300 g/mol. The van der Waals surface area contributed by atoms with E-state index in [1.54, 1.807) is 0 Å². The monoisotopic (exact) mass is 300 g/mol. The summed E-state index contributed by atoms with van der Waals surface area (Å²) < 4.78 is 5.48. The van der Waals surface area contributed by atoms with Crippen molar-refractivity contribution < 1.29 is 9.32 Å². The number of hydrogen-bond acceptors (Lipinski definition) is 3. The molecular formula is C18H24N2O2. The van der Waals surface area contributed by atoms with Crippen molar-refractivity contribution in [1.82, 2.24) is 10.1 Å². The number of benzene rings is 1. The summed E-state index contributed by atoms with van der Waals surface area (Å²) in [5.41, 5.74) is 4.24. The van der Waals surface area contributed by atoms with Crippen molar-refractivity contribution >= 4 is 5.91 Å². The molecule has 118 valence electrons. The van der Waals surface area contributed by atoms with Crippen LogP contribution in [0.25, 0.3) is 11.3 Å². The first-order chi connectivity index (χ1) is 10.5. The number of amides is 1. The van der Waals surface area contributed by atoms with E-state index in [1.807, 2.05) is 17.9 Å². The highest BCUT2D eigenvalue weighted by atomic mass is 16.5. The largest absolute Gasteiger partial charge is 0.356 e. The molecule has 2 rings (SSSR count). The summed E-state index contributed by atoms with van der Waals surface area (Å²) in [5, 5.41) is 4.13. The number of nitrogens with zero attached hydrogens (tertiary/aromatic N) is 2. The first kappa shape index (κ1) is 16.3. The smallest absolute Gasteiger partial charge is 0.222 e. The summed E-state index contributed by atoms with van der Waals surface area (Å²) >= 11 is 0. The van der Waals surface area contributed by atoms with Gasteiger partial charge >= 0.3 is 0 Å². The molecule has 0 aliphatic carbocycles. The Balaban J connectivity index is 2.18. The molecule has 0 saturated carbocycles. The van der Waals surface area contributed by atoms with E-state index in [0.717, 1.165) is 35.5 Å². The van der Waals surface area contributed by atoms with Gasteiger partial charge in [0, 0.05) is 24.6 Å². The number of carbonyl (C=O) groups is 1. The fraction of sp³-hybridized carbons (Fsp3) is 0.444. The molecule has 4 nitrogen and oxygen atoms in total. The van der Waals surface area contributed by atoms with Crippen LogP contribution in [0, 0.1) is 13.8 Å². The molecule has 1 aromatic heterocycles. The standard InChI is InChI=1S/C18H24N2O2/c1-5-9-20(18(21)6-2)12-15-11-17(22-19-15)16-8-7-13(3)10-14(16)4/h7-8,10-11H,5-6,9,12H2,1-4H3. The second kappa shape index (κ2) is 7.25. The van der Waals surface area contributed by atoms with Crippen LogP contribution in [0.1, 0.15) is 43.5 Å². The van der Waals surface area contributed by atoms with Crippen LogP contribution in [-0.4, -0.2) is 22.5 Å². The fourth-order valence-electron chi connectivity index (χ4n) is 2.58. The summed E-state index contributed by atoms with van der Waals surface area (Å²) in [6, 6.07) is 8.18. The van der Waals surface area contributed by atoms with Crippen molar-refractivity contribution in [3.8, 4) is 11.3 Å². The van der Waals surface area contributed by atoms with E-state index in [0.29, 0.717) is 13.0 Å². The van der Waals surface area contributed by atoms with E-state index in [-0.39, 0.29) is 5.91 Å². The third-order valence-electron chi connectivity index (χ3n) is 3.71. The molecule has 2 aromatic rings. The molecule has 0 unspecified atom stereocenters. The minimum atomic E-state index is 0.151. The molecule has 1 aromatic carbocycles. The highest BCUT2D eigenvalue weighted by Crippen LogP contribution is 2.25. The summed E-state index contributed by atoms with van der Waals surface area (Å²) in [5.74, 6) is 0.908. The minimum absolute atomic E-state index is 0.151. The van der Waals surface area contributed by atoms with Crippen LogP contribution in [0.4, 0.5) is 0 Å². The SMILES string of the molecule is CCCN(Cc1cc(-c2ccc(C)cc2C)on1)C(=O)CC. The fourth-order valence-corrected chi connectivity index (χ4v) is 2.58. The molecule has 0 N–H and O–H groups in total. The topological polar surface area (TPSA) is 46.3 Å². The molecule has 0 fully saturated rings. The van der Waals surface area contributed by atoms with Gasteiger partial charge in [0.05, 0.1) is 6.54 Å². The zero-order valence-electron chi connectivity index (χ0n) is 13.8. The molecule has 1 heterocycles.